The second-order valence-electron chi connectivity index (χ2n) is 7.25. The Morgan fingerprint density at radius 3 is 2.38 bits per heavy atom. The molecule has 0 atom stereocenters. The average molecular weight is 580 g/mol. The molecule has 0 fully saturated rings. The third-order valence-corrected chi connectivity index (χ3v) is 7.23. The zero-order valence-corrected chi connectivity index (χ0v) is 22.2. The van der Waals surface area contributed by atoms with Gasteiger partial charge in [0.1, 0.15) is 4.21 Å². The molecule has 7 heteroatoms. The van der Waals surface area contributed by atoms with Crippen LogP contribution in [0.3, 0.4) is 0 Å². The molecule has 4 nitrogen and oxygen atoms in total. The summed E-state index contributed by atoms with van der Waals surface area (Å²) < 4.78 is 8.20. The molecule has 0 aliphatic rings. The van der Waals surface area contributed by atoms with Gasteiger partial charge in [-0.3, -0.25) is 9.59 Å². The molecule has 168 valence electrons. The summed E-state index contributed by atoms with van der Waals surface area (Å²) in [4.78, 5) is 26.5. The lowest BCUT2D eigenvalue weighted by Gasteiger charge is -2.06. The van der Waals surface area contributed by atoms with Gasteiger partial charge in [-0.15, -0.1) is 23.1 Å². The Morgan fingerprint density at radius 2 is 1.78 bits per heavy atom. The fourth-order valence-corrected chi connectivity index (χ4v) is 5.47. The van der Waals surface area contributed by atoms with Gasteiger partial charge in [0.2, 0.25) is 11.5 Å². The van der Waals surface area contributed by atoms with Crippen LogP contribution in [0.5, 0.6) is 0 Å². The van der Waals surface area contributed by atoms with E-state index in [9.17, 15) is 9.59 Å². The number of carbonyl (C=O) groups is 2. The molecule has 0 bridgehead atoms. The molecule has 2 heterocycles. The summed E-state index contributed by atoms with van der Waals surface area (Å²) in [5.74, 6) is 0.312. The summed E-state index contributed by atoms with van der Waals surface area (Å²) in [6.07, 6.45) is 3.98. The molecule has 2 aromatic heterocycles. The predicted octanol–water partition coefficient (Wildman–Crippen LogP) is 2.34. The van der Waals surface area contributed by atoms with Gasteiger partial charge >= 0.3 is 5.97 Å². The van der Waals surface area contributed by atoms with E-state index >= 15 is 0 Å². The minimum Gasteiger partial charge on any atom is -1.00 e. The van der Waals surface area contributed by atoms with Crippen LogP contribution in [0, 0.1) is 6.92 Å². The third kappa shape index (κ3) is 6.52. The molecule has 0 saturated heterocycles. The first-order valence-corrected chi connectivity index (χ1v) is 11.9. The Hall–Kier alpha value is -1.97. The number of pyridine rings is 1. The molecule has 0 saturated carbocycles. The molecule has 0 aliphatic heterocycles. The number of carbonyl (C=O) groups excluding carboxylic acids is 2. The molecule has 0 unspecified atom stereocenters. The van der Waals surface area contributed by atoms with Crippen molar-refractivity contribution < 1.29 is 42.9 Å². The van der Waals surface area contributed by atoms with E-state index in [0.29, 0.717) is 22.6 Å². The molecule has 0 spiro atoms. The van der Waals surface area contributed by atoms with Gasteiger partial charge in [-0.25, -0.2) is 0 Å². The van der Waals surface area contributed by atoms with E-state index in [4.69, 9.17) is 4.74 Å². The van der Waals surface area contributed by atoms with Crippen LogP contribution in [0.4, 0.5) is 0 Å². The molecule has 32 heavy (non-hydrogen) atoms. The smallest absolute Gasteiger partial charge is 0.310 e. The highest BCUT2D eigenvalue weighted by atomic mass is 127. The zero-order valence-electron chi connectivity index (χ0n) is 18.4. The van der Waals surface area contributed by atoms with Gasteiger partial charge in [-0.05, 0) is 26.3 Å². The fourth-order valence-electron chi connectivity index (χ4n) is 3.06. The van der Waals surface area contributed by atoms with Gasteiger partial charge in [-0.2, -0.15) is 4.57 Å². The number of hydrogen-bond acceptors (Lipinski definition) is 5. The number of rotatable bonds is 9. The first kappa shape index (κ1) is 26.3. The van der Waals surface area contributed by atoms with E-state index in [1.807, 2.05) is 61.1 Å². The van der Waals surface area contributed by atoms with Gasteiger partial charge in [0.05, 0.1) is 23.5 Å². The summed E-state index contributed by atoms with van der Waals surface area (Å²) >= 11 is 3.07. The highest BCUT2D eigenvalue weighted by Gasteiger charge is 2.31. The Kier molecular flexibility index (Phi) is 10.1. The van der Waals surface area contributed by atoms with Gasteiger partial charge < -0.3 is 28.7 Å². The number of thiophene rings is 1. The lowest BCUT2D eigenvalue weighted by molar-refractivity contribution is -0.598. The van der Waals surface area contributed by atoms with Crippen LogP contribution >= 0.6 is 23.1 Å². The van der Waals surface area contributed by atoms with Crippen LogP contribution in [0.2, 0.25) is 0 Å². The van der Waals surface area contributed by atoms with Crippen molar-refractivity contribution in [3.63, 3.8) is 0 Å². The van der Waals surface area contributed by atoms with Crippen molar-refractivity contribution in [3.05, 3.63) is 88.6 Å². The topological polar surface area (TPSA) is 47.3 Å². The van der Waals surface area contributed by atoms with E-state index < -0.39 is 0 Å². The van der Waals surface area contributed by atoms with Crippen LogP contribution in [0.1, 0.15) is 40.2 Å². The molecule has 3 aromatic rings. The van der Waals surface area contributed by atoms with E-state index in [0.717, 1.165) is 26.8 Å². The number of halogens is 1. The van der Waals surface area contributed by atoms with Gasteiger partial charge in [0, 0.05) is 23.4 Å². The number of aromatic nitrogens is 1. The molecule has 1 aromatic carbocycles. The van der Waals surface area contributed by atoms with Gasteiger partial charge in [0.15, 0.2) is 12.4 Å². The fraction of sp³-hybridized carbons (Fsp3) is 0.240. The maximum absolute atomic E-state index is 13.4. The summed E-state index contributed by atoms with van der Waals surface area (Å²) in [6.45, 7) is 10.1. The maximum atomic E-state index is 13.4. The lowest BCUT2D eigenvalue weighted by Crippen LogP contribution is -3.00. The number of hydrogen-bond donors (Lipinski definition) is 0. The van der Waals surface area contributed by atoms with E-state index in [2.05, 4.69) is 6.58 Å². The largest absolute Gasteiger partial charge is 1.00 e. The van der Waals surface area contributed by atoms with Crippen LogP contribution in [0.15, 0.2) is 71.2 Å². The zero-order chi connectivity index (χ0) is 22.4. The van der Waals surface area contributed by atoms with Crippen molar-refractivity contribution in [1.29, 1.82) is 0 Å². The summed E-state index contributed by atoms with van der Waals surface area (Å²) in [5, 5.41) is 0. The average Bonchev–Trinajstić information content (AvgIpc) is 3.11. The number of nitrogens with zero attached hydrogens (tertiary/aromatic N) is 1. The third-order valence-electron chi connectivity index (χ3n) is 4.52. The molecule has 0 amide bonds. The number of esters is 1. The summed E-state index contributed by atoms with van der Waals surface area (Å²) in [7, 11) is 0. The van der Waals surface area contributed by atoms with Crippen molar-refractivity contribution in [2.75, 3.05) is 12.4 Å². The number of thioether (sulfide) groups is 1. The van der Waals surface area contributed by atoms with E-state index in [-0.39, 0.29) is 42.2 Å². The van der Waals surface area contributed by atoms with E-state index in [1.165, 1.54) is 11.3 Å². The Bertz CT molecular complexity index is 1090. The van der Waals surface area contributed by atoms with Crippen molar-refractivity contribution in [2.45, 2.75) is 31.4 Å². The molecule has 0 aliphatic carbocycles. The maximum Gasteiger partial charge on any atom is 0.310 e. The Balaban J connectivity index is 0.00000363. The number of benzene rings is 1. The monoisotopic (exact) mass is 579 g/mol. The summed E-state index contributed by atoms with van der Waals surface area (Å²) in [5.41, 5.74) is 4.35. The van der Waals surface area contributed by atoms with Crippen molar-refractivity contribution in [3.8, 4) is 5.69 Å². The normalized spacial score (nSPS) is 10.3. The van der Waals surface area contributed by atoms with Crippen molar-refractivity contribution >= 4 is 34.9 Å². The molecular formula is C25H26INO3S2. The molecular weight excluding hydrogens is 553 g/mol. The first-order chi connectivity index (χ1) is 14.9. The van der Waals surface area contributed by atoms with Crippen LogP contribution in [-0.4, -0.2) is 24.1 Å². The number of ketones is 1. The number of ether oxygens (including phenoxy) is 1. The minimum absolute atomic E-state index is 0. The lowest BCUT2D eigenvalue weighted by atomic mass is 10.0. The standard InChI is InChI=1S/C25H26NO3S2.HI/c1-5-29-21(27)15-20-22(26-13-11-18(4)12-14-26)25(30-16-17(2)3)31-24(20)23(28)19-9-7-6-8-10-19;/h6-14H,2,5,15-16H2,1,3-4H3;1H/q+1;/p-1. The quantitative estimate of drug-likeness (QED) is 0.0976. The molecule has 0 radical (unpaired) electrons. The number of aryl methyl sites for hydroxylation is 1. The van der Waals surface area contributed by atoms with Gasteiger partial charge in [-0.1, -0.05) is 42.5 Å². The second kappa shape index (κ2) is 12.3. The van der Waals surface area contributed by atoms with Crippen molar-refractivity contribution in [2.24, 2.45) is 0 Å². The van der Waals surface area contributed by atoms with Crippen LogP contribution in [0.25, 0.3) is 5.69 Å². The van der Waals surface area contributed by atoms with Crippen molar-refractivity contribution in [1.82, 2.24) is 0 Å². The Labute approximate surface area is 214 Å². The SMILES string of the molecule is C=C(C)CSc1sc(C(=O)c2ccccc2)c(CC(=O)OCC)c1-[n+]1ccc(C)cc1.[I-]. The minimum atomic E-state index is -0.340. The second-order valence-corrected chi connectivity index (χ2v) is 9.52. The van der Waals surface area contributed by atoms with E-state index in [1.54, 1.807) is 30.8 Å². The summed E-state index contributed by atoms with van der Waals surface area (Å²) in [6, 6.07) is 13.2. The first-order valence-electron chi connectivity index (χ1n) is 10.1. The molecule has 0 N–H and O–H groups in total. The van der Waals surface area contributed by atoms with Crippen LogP contribution in [-0.2, 0) is 16.0 Å². The molecule has 3 rings (SSSR count). The van der Waals surface area contributed by atoms with Gasteiger partial charge in [0.25, 0.3) is 0 Å². The van der Waals surface area contributed by atoms with Crippen LogP contribution < -0.4 is 28.5 Å². The highest BCUT2D eigenvalue weighted by Crippen LogP contribution is 2.39. The predicted molar refractivity (Wildman–Crippen MR) is 126 cm³/mol. The Morgan fingerprint density at radius 1 is 1.12 bits per heavy atom. The highest BCUT2D eigenvalue weighted by molar-refractivity contribution is 8.01.